The van der Waals surface area contributed by atoms with E-state index in [1.54, 1.807) is 12.1 Å². The Kier molecular flexibility index (Phi) is 3.33. The molecule has 1 saturated carbocycles. The van der Waals surface area contributed by atoms with Crippen molar-refractivity contribution < 1.29 is 15.3 Å². The molecule has 0 aliphatic heterocycles. The Hall–Kier alpha value is -1.13. The van der Waals surface area contributed by atoms with E-state index in [0.29, 0.717) is 11.8 Å². The number of fused-ring (bicyclic) bond motifs is 1. The Labute approximate surface area is 136 Å². The predicted octanol–water partition coefficient (Wildman–Crippen LogP) is 4.08. The van der Waals surface area contributed by atoms with Crippen LogP contribution in [0.1, 0.15) is 41.4 Å². The van der Waals surface area contributed by atoms with Gasteiger partial charge in [-0.25, -0.2) is 0 Å². The second-order valence-corrected chi connectivity index (χ2v) is 8.54. The van der Waals surface area contributed by atoms with Gasteiger partial charge in [0, 0.05) is 0 Å². The summed E-state index contributed by atoms with van der Waals surface area (Å²) in [6.45, 7) is 4.03. The third kappa shape index (κ3) is 2.74. The molecule has 0 unspecified atom stereocenters. The van der Waals surface area contributed by atoms with Gasteiger partial charge in [-0.3, -0.25) is 4.18 Å². The molecule has 1 aromatic rings. The maximum absolute atomic E-state index is 12.3. The average molecular weight is 322 g/mol. The molecule has 3 aliphatic rings. The summed E-state index contributed by atoms with van der Waals surface area (Å²) in [4.78, 5) is -0.0152. The van der Waals surface area contributed by atoms with Crippen molar-refractivity contribution in [3.63, 3.8) is 0 Å². The van der Waals surface area contributed by atoms with Gasteiger partial charge in [0.05, 0.1) is 14.2 Å². The van der Waals surface area contributed by atoms with Gasteiger partial charge in [-0.1, -0.05) is 43.2 Å². The van der Waals surface area contributed by atoms with Crippen LogP contribution in [0.5, 0.6) is 0 Å². The summed E-state index contributed by atoms with van der Waals surface area (Å²) in [5.41, 5.74) is 2.11. The van der Waals surface area contributed by atoms with Crippen molar-refractivity contribution in [1.82, 2.24) is 0 Å². The van der Waals surface area contributed by atoms with Gasteiger partial charge in [0.15, 0.2) is 0 Å². The van der Waals surface area contributed by atoms with Crippen molar-refractivity contribution in [2.45, 2.75) is 44.9 Å². The van der Waals surface area contributed by atoms with Gasteiger partial charge >= 0.3 is 0 Å². The van der Waals surface area contributed by atoms with Crippen molar-refractivity contribution >= 4 is 10.1 Å². The van der Waals surface area contributed by atoms with Gasteiger partial charge < -0.3 is 0 Å². The van der Waals surface area contributed by atoms with Crippen LogP contribution in [0.4, 0.5) is 0 Å². The molecule has 120 valence electrons. The van der Waals surface area contributed by atoms with E-state index in [1.165, 1.54) is 12.1 Å². The highest BCUT2D eigenvalue weighted by Crippen LogP contribution is 2.59. The van der Waals surface area contributed by atoms with Crippen LogP contribution >= 0.6 is 0 Å². The monoisotopic (exact) mass is 322 g/mol. The fraction of sp³-hybridized carbons (Fsp3) is 0.556. The maximum Gasteiger partial charge on any atom is 0.296 e. The van der Waals surface area contributed by atoms with Crippen LogP contribution < -0.4 is 0 Å². The highest BCUT2D eigenvalue weighted by Gasteiger charge is 2.50. The van der Waals surface area contributed by atoms with Crippen LogP contribution in [0, 0.1) is 24.2 Å². The van der Waals surface area contributed by atoms with Crippen molar-refractivity contribution in [3.8, 4) is 0 Å². The molecule has 4 rings (SSSR count). The van der Waals surface area contributed by atoms with Crippen molar-refractivity contribution in [3.05, 3.63) is 41.5 Å². The highest BCUT2D eigenvalue weighted by molar-refractivity contribution is 7.86. The molecule has 4 heteroatoms. The Morgan fingerprint density at radius 2 is 2.00 bits per heavy atom. The zero-order valence-corrected chi connectivity index (χ0v) is 14.1. The molecule has 1 aromatic carbocycles. The second-order valence-electron chi connectivity index (χ2n) is 6.99. The van der Waals surface area contributed by atoms with Crippen molar-refractivity contribution in [1.29, 1.82) is 0 Å². The molecule has 22 heavy (non-hydrogen) atoms. The molecule has 0 radical (unpaired) electrons. The topological polar surface area (TPSA) is 43.4 Å². The molecule has 0 spiro atoms. The quantitative estimate of drug-likeness (QED) is 0.606. The van der Waals surface area contributed by atoms with Crippen molar-refractivity contribution in [2.75, 3.05) is 6.56 Å². The summed E-state index contributed by atoms with van der Waals surface area (Å²) < 4.78 is 45.8. The summed E-state index contributed by atoms with van der Waals surface area (Å²) in [5.74, 6) is 0.992. The molecular weight excluding hydrogens is 296 g/mol. The summed E-state index contributed by atoms with van der Waals surface area (Å²) in [6, 6.07) is 6.24. The number of allylic oxidation sites excluding steroid dienone is 1. The minimum Gasteiger partial charge on any atom is -0.266 e. The third-order valence-corrected chi connectivity index (χ3v) is 6.52. The number of benzene rings is 1. The maximum atomic E-state index is 12.3. The molecule has 2 atom stereocenters. The molecule has 0 heterocycles. The van der Waals surface area contributed by atoms with Crippen LogP contribution in [0.15, 0.2) is 40.8 Å². The molecule has 0 aromatic heterocycles. The van der Waals surface area contributed by atoms with E-state index in [9.17, 15) is 8.42 Å². The van der Waals surface area contributed by atoms with Gasteiger partial charge in [0.1, 0.15) is 0 Å². The molecular formula is C18H24O3S. The van der Waals surface area contributed by atoms with Crippen LogP contribution in [-0.4, -0.2) is 15.0 Å². The Bertz CT molecular complexity index is 764. The van der Waals surface area contributed by atoms with E-state index in [0.717, 1.165) is 24.0 Å². The van der Waals surface area contributed by atoms with Gasteiger partial charge in [-0.15, -0.1) is 0 Å². The molecule has 0 amide bonds. The lowest BCUT2D eigenvalue weighted by Gasteiger charge is -2.56. The predicted molar refractivity (Wildman–Crippen MR) is 87.0 cm³/mol. The van der Waals surface area contributed by atoms with E-state index >= 15 is 0 Å². The number of hydrogen-bond donors (Lipinski definition) is 0. The molecule has 1 fully saturated rings. The third-order valence-electron chi connectivity index (χ3n) is 5.34. The Balaban J connectivity index is 1.74. The first kappa shape index (κ1) is 13.3. The number of aryl methyl sites for hydroxylation is 1. The van der Waals surface area contributed by atoms with Crippen LogP contribution in [0.2, 0.25) is 0 Å². The molecule has 0 N–H and O–H groups in total. The number of rotatable bonds is 5. The smallest absolute Gasteiger partial charge is 0.266 e. The zero-order chi connectivity index (χ0) is 17.8. The Morgan fingerprint density at radius 1 is 1.32 bits per heavy atom. The first-order valence-corrected chi connectivity index (χ1v) is 9.13. The van der Waals surface area contributed by atoms with Gasteiger partial charge in [-0.05, 0) is 55.6 Å². The van der Waals surface area contributed by atoms with E-state index in [1.807, 2.05) is 6.92 Å². The SMILES string of the molecule is [2H]C([2H])(CC1=CC[C@@H]2C[C@H]1C2(C)C)OS(=O)(=O)c1ccc(C)cc1. The minimum atomic E-state index is -4.12. The molecule has 3 aliphatic carbocycles. The van der Waals surface area contributed by atoms with Crippen LogP contribution in [0.3, 0.4) is 0 Å². The standard InChI is InChI=1S/C18H24O3S/c1-13-4-8-16(9-5-13)22(19,20)21-11-10-14-6-7-15-12-17(14)18(15,2)3/h4-6,8-9,15,17H,7,10-12H2,1-3H3/t15-,17-/m1/s1/i11D2. The zero-order valence-electron chi connectivity index (χ0n) is 15.3. The lowest BCUT2D eigenvalue weighted by molar-refractivity contribution is -0.00910. The largest absolute Gasteiger partial charge is 0.296 e. The molecule has 2 bridgehead atoms. The summed E-state index contributed by atoms with van der Waals surface area (Å²) in [7, 11) is -4.12. The fourth-order valence-corrected chi connectivity index (χ4v) is 4.40. The van der Waals surface area contributed by atoms with E-state index in [4.69, 9.17) is 6.92 Å². The lowest BCUT2D eigenvalue weighted by atomic mass is 9.48. The number of hydrogen-bond acceptors (Lipinski definition) is 3. The van der Waals surface area contributed by atoms with E-state index in [2.05, 4.69) is 19.9 Å². The first-order chi connectivity index (χ1) is 11.0. The van der Waals surface area contributed by atoms with Gasteiger partial charge in [0.2, 0.25) is 0 Å². The van der Waals surface area contributed by atoms with Gasteiger partial charge in [-0.2, -0.15) is 8.42 Å². The fourth-order valence-electron chi connectivity index (χ4n) is 3.62. The Morgan fingerprint density at radius 3 is 2.59 bits per heavy atom. The van der Waals surface area contributed by atoms with E-state index < -0.39 is 16.7 Å². The minimum absolute atomic E-state index is 0.00108. The second kappa shape index (κ2) is 5.50. The average Bonchev–Trinajstić information content (AvgIpc) is 2.45. The van der Waals surface area contributed by atoms with Crippen molar-refractivity contribution in [2.24, 2.45) is 17.3 Å². The summed E-state index contributed by atoms with van der Waals surface area (Å²) in [5, 5.41) is 0. The summed E-state index contributed by atoms with van der Waals surface area (Å²) >= 11 is 0. The van der Waals surface area contributed by atoms with Crippen LogP contribution in [-0.2, 0) is 14.3 Å². The van der Waals surface area contributed by atoms with Crippen LogP contribution in [0.25, 0.3) is 0 Å². The van der Waals surface area contributed by atoms with Gasteiger partial charge in [0.25, 0.3) is 10.1 Å². The van der Waals surface area contributed by atoms with E-state index in [-0.39, 0.29) is 16.7 Å². The first-order valence-electron chi connectivity index (χ1n) is 8.72. The molecule has 0 saturated heterocycles. The normalized spacial score (nSPS) is 28.2. The highest BCUT2D eigenvalue weighted by atomic mass is 32.2. The summed E-state index contributed by atoms with van der Waals surface area (Å²) in [6.07, 6.45) is 4.09. The lowest BCUT2D eigenvalue weighted by Crippen LogP contribution is -2.48. The molecule has 3 nitrogen and oxygen atoms in total.